The molecule has 396 valence electrons. The minimum atomic E-state index is -4.59. The van der Waals surface area contributed by atoms with Gasteiger partial charge in [-0.3, -0.25) is 24.7 Å². The molecule has 1 unspecified atom stereocenters. The topological polar surface area (TPSA) is 190 Å². The minimum Gasteiger partial charge on any atom is -0.455 e. The van der Waals surface area contributed by atoms with Crippen LogP contribution in [-0.2, 0) is 16.6 Å². The first-order valence-electron chi connectivity index (χ1n) is 26.6. The molecule has 4 N–H and O–H groups in total. The van der Waals surface area contributed by atoms with Crippen LogP contribution in [0.4, 0.5) is 22.7 Å². The Labute approximate surface area is 440 Å². The molecule has 16 nitrogen and oxygen atoms in total. The fraction of sp³-hybridized carbons (Fsp3) is 0.448. The van der Waals surface area contributed by atoms with Gasteiger partial charge in [0, 0.05) is 107 Å². The number of fused-ring (bicyclic) bond motifs is 1. The van der Waals surface area contributed by atoms with Crippen molar-refractivity contribution in [2.24, 2.45) is 11.3 Å². The summed E-state index contributed by atoms with van der Waals surface area (Å²) in [6.45, 7) is 12.4. The van der Waals surface area contributed by atoms with Gasteiger partial charge < -0.3 is 29.9 Å². The number of nitro benzene ring substituents is 1. The summed E-state index contributed by atoms with van der Waals surface area (Å²) in [5.41, 5.74) is 6.17. The van der Waals surface area contributed by atoms with Crippen LogP contribution in [0.1, 0.15) is 111 Å². The number of hydrogen-bond donors (Lipinski definition) is 4. The van der Waals surface area contributed by atoms with E-state index in [-0.39, 0.29) is 28.3 Å². The number of sulfonamides is 1. The third-order valence-corrected chi connectivity index (χ3v) is 17.9. The molecule has 0 radical (unpaired) electrons. The Morgan fingerprint density at radius 2 is 1.69 bits per heavy atom. The van der Waals surface area contributed by atoms with Crippen molar-refractivity contribution in [3.8, 4) is 11.5 Å². The monoisotopic (exact) mass is 1040 g/mol. The van der Waals surface area contributed by atoms with Crippen LogP contribution in [0.2, 0.25) is 0 Å². The molecule has 75 heavy (non-hydrogen) atoms. The third kappa shape index (κ3) is 11.5. The molecule has 2 aromatic heterocycles. The molecular formula is C58H71N9O7S. The molecule has 1 atom stereocenters. The maximum Gasteiger partial charge on any atom is 0.293 e. The van der Waals surface area contributed by atoms with Crippen molar-refractivity contribution in [2.45, 2.75) is 107 Å². The molecule has 4 heterocycles. The van der Waals surface area contributed by atoms with E-state index in [9.17, 15) is 28.4 Å². The Hall–Kier alpha value is -6.53. The highest BCUT2D eigenvalue weighted by atomic mass is 32.2. The predicted molar refractivity (Wildman–Crippen MR) is 294 cm³/mol. The molecule has 10 rings (SSSR count). The molecule has 4 aromatic carbocycles. The largest absolute Gasteiger partial charge is 0.455 e. The lowest BCUT2D eigenvalue weighted by atomic mass is 9.59. The average Bonchev–Trinajstić information content (AvgIpc) is 3.86. The van der Waals surface area contributed by atoms with Gasteiger partial charge >= 0.3 is 0 Å². The number of nitrogens with zero attached hydrogens (tertiary/aromatic N) is 6. The van der Waals surface area contributed by atoms with Crippen molar-refractivity contribution in [3.63, 3.8) is 0 Å². The number of piperazine rings is 1. The van der Waals surface area contributed by atoms with Gasteiger partial charge in [0.25, 0.3) is 21.6 Å². The van der Waals surface area contributed by atoms with Crippen molar-refractivity contribution in [2.75, 3.05) is 68.5 Å². The van der Waals surface area contributed by atoms with Gasteiger partial charge in [0.15, 0.2) is 0 Å². The zero-order valence-electron chi connectivity index (χ0n) is 43.8. The van der Waals surface area contributed by atoms with E-state index >= 15 is 0 Å². The molecule has 6 aromatic rings. The maximum atomic E-state index is 14.1. The van der Waals surface area contributed by atoms with Crippen molar-refractivity contribution < 1.29 is 28.0 Å². The molecule has 4 fully saturated rings. The van der Waals surface area contributed by atoms with Crippen LogP contribution in [0, 0.1) is 21.4 Å². The van der Waals surface area contributed by atoms with E-state index in [1.54, 1.807) is 30.6 Å². The smallest absolute Gasteiger partial charge is 0.293 e. The Bertz CT molecular complexity index is 3130. The normalized spacial score (nSPS) is 21.5. The number of anilines is 3. The van der Waals surface area contributed by atoms with Gasteiger partial charge in [-0.1, -0.05) is 50.2 Å². The van der Waals surface area contributed by atoms with E-state index in [1.807, 2.05) is 19.1 Å². The van der Waals surface area contributed by atoms with Crippen LogP contribution in [0.3, 0.4) is 0 Å². The van der Waals surface area contributed by atoms with Gasteiger partial charge in [-0.15, -0.1) is 0 Å². The SMILES string of the molecule is CC(C)c1ccccc1C1CN(Cc2ccc(N(C)C)cc2)CCN1C1CC2(CCN(c3ccc(C(=O)NS(=O)(=O)c4ccc(NCC5CCC(C)(O)CC5)c([N+](=O)[O-])c4)c(Oc4cnc5[nH]ccc5c4)c3)CC2)C1. The van der Waals surface area contributed by atoms with E-state index in [0.717, 1.165) is 94.9 Å². The van der Waals surface area contributed by atoms with Gasteiger partial charge in [-0.2, -0.15) is 0 Å². The lowest BCUT2D eigenvalue weighted by Crippen LogP contribution is -2.60. The van der Waals surface area contributed by atoms with E-state index < -0.39 is 37.0 Å². The zero-order chi connectivity index (χ0) is 52.6. The van der Waals surface area contributed by atoms with Gasteiger partial charge in [0.05, 0.1) is 27.2 Å². The number of carbonyl (C=O) groups excluding carboxylic acids is 1. The molecular weight excluding hydrogens is 967 g/mol. The highest BCUT2D eigenvalue weighted by Gasteiger charge is 2.50. The fourth-order valence-electron chi connectivity index (χ4n) is 12.1. The van der Waals surface area contributed by atoms with Crippen molar-refractivity contribution in [3.05, 3.63) is 142 Å². The van der Waals surface area contributed by atoms with E-state index in [4.69, 9.17) is 4.74 Å². The quantitative estimate of drug-likeness (QED) is 0.0530. The first-order valence-corrected chi connectivity index (χ1v) is 28.0. The summed E-state index contributed by atoms with van der Waals surface area (Å²) in [6, 6.07) is 31.2. The highest BCUT2D eigenvalue weighted by molar-refractivity contribution is 7.90. The molecule has 2 aliphatic heterocycles. The summed E-state index contributed by atoms with van der Waals surface area (Å²) in [5.74, 6) is 0.184. The number of rotatable bonds is 16. The Morgan fingerprint density at radius 1 is 0.947 bits per heavy atom. The summed E-state index contributed by atoms with van der Waals surface area (Å²) in [5, 5.41) is 26.5. The summed E-state index contributed by atoms with van der Waals surface area (Å²) < 4.78 is 36.3. The number of benzene rings is 4. The van der Waals surface area contributed by atoms with Gasteiger partial charge in [0.2, 0.25) is 0 Å². The van der Waals surface area contributed by atoms with Gasteiger partial charge in [0.1, 0.15) is 22.8 Å². The number of piperidine rings is 1. The van der Waals surface area contributed by atoms with Crippen LogP contribution in [0.15, 0.2) is 114 Å². The fourth-order valence-corrected chi connectivity index (χ4v) is 13.1. The summed E-state index contributed by atoms with van der Waals surface area (Å²) >= 11 is 0. The standard InChI is InChI=1S/C58H71N9O7S/c1-39(2)48-8-6-7-9-49(48)53-38-64(37-41-10-12-43(13-11-41)63(4)5)28-29-66(53)45-33-58(34-45)23-26-65(27-24-58)44-14-16-50(54(31-44)74-46-30-42-20-25-59-55(42)61-36-46)56(68)62-75(72,73)47-15-17-51(52(32-47)67(70)71)60-35-40-18-21-57(3,69)22-19-40/h6-17,20,25,30-32,36,39-40,45,53,60,69H,18-19,21-24,26-29,33-35,37-38H2,1-5H3,(H,59,61)(H,62,68). The molecule has 0 bridgehead atoms. The second-order valence-corrected chi connectivity index (χ2v) is 24.1. The number of hydrogen-bond acceptors (Lipinski definition) is 13. The molecule has 2 aliphatic carbocycles. The average molecular weight is 1040 g/mol. The summed E-state index contributed by atoms with van der Waals surface area (Å²) in [4.78, 5) is 42.8. The first kappa shape index (κ1) is 51.9. The number of H-pyrrole nitrogens is 1. The second kappa shape index (κ2) is 21.2. The van der Waals surface area contributed by atoms with E-state index in [0.29, 0.717) is 48.8 Å². The lowest BCUT2D eigenvalue weighted by molar-refractivity contribution is -0.384. The second-order valence-electron chi connectivity index (χ2n) is 22.4. The van der Waals surface area contributed by atoms with Crippen molar-refractivity contribution in [1.29, 1.82) is 0 Å². The molecule has 2 saturated heterocycles. The van der Waals surface area contributed by atoms with Crippen molar-refractivity contribution >= 4 is 49.7 Å². The number of aromatic nitrogens is 2. The molecule has 4 aliphatic rings. The van der Waals surface area contributed by atoms with Crippen LogP contribution >= 0.6 is 0 Å². The van der Waals surface area contributed by atoms with E-state index in [2.05, 4.69) is 116 Å². The molecule has 2 saturated carbocycles. The summed E-state index contributed by atoms with van der Waals surface area (Å²) in [6.07, 6.45) is 10.5. The number of aliphatic hydroxyl groups is 1. The number of amides is 1. The van der Waals surface area contributed by atoms with Crippen LogP contribution in [0.5, 0.6) is 11.5 Å². The van der Waals surface area contributed by atoms with E-state index in [1.165, 1.54) is 34.5 Å². The molecule has 1 amide bonds. The first-order chi connectivity index (χ1) is 35.9. The van der Waals surface area contributed by atoms with Crippen molar-refractivity contribution in [1.82, 2.24) is 24.5 Å². The highest BCUT2D eigenvalue weighted by Crippen LogP contribution is 2.53. The zero-order valence-corrected chi connectivity index (χ0v) is 44.6. The third-order valence-electron chi connectivity index (χ3n) is 16.6. The van der Waals surface area contributed by atoms with Gasteiger partial charge in [-0.25, -0.2) is 18.1 Å². The van der Waals surface area contributed by atoms with Crippen LogP contribution in [-0.4, -0.2) is 109 Å². The summed E-state index contributed by atoms with van der Waals surface area (Å²) in [7, 11) is -0.434. The Kier molecular flexibility index (Phi) is 14.7. The minimum absolute atomic E-state index is 0.0259. The Balaban J connectivity index is 0.828. The predicted octanol–water partition coefficient (Wildman–Crippen LogP) is 10.2. The molecule has 17 heteroatoms. The Morgan fingerprint density at radius 3 is 2.41 bits per heavy atom. The number of nitrogens with one attached hydrogen (secondary N) is 3. The number of nitro groups is 1. The van der Waals surface area contributed by atoms with Gasteiger partial charge in [-0.05, 0) is 141 Å². The number of aromatic amines is 1. The lowest BCUT2D eigenvalue weighted by Gasteiger charge is -2.58. The van der Waals surface area contributed by atoms with Crippen LogP contribution < -0.4 is 24.6 Å². The van der Waals surface area contributed by atoms with Crippen LogP contribution in [0.25, 0.3) is 11.0 Å². The number of ether oxygens (including phenoxy) is 1. The maximum absolute atomic E-state index is 14.1. The number of carbonyl (C=O) groups is 1. The molecule has 1 spiro atoms. The number of pyridine rings is 1.